The summed E-state index contributed by atoms with van der Waals surface area (Å²) >= 11 is 0. The van der Waals surface area contributed by atoms with Gasteiger partial charge in [-0.3, -0.25) is 4.79 Å². The average Bonchev–Trinajstić information content (AvgIpc) is 2.83. The first-order chi connectivity index (χ1) is 16.4. The third kappa shape index (κ3) is 6.22. The Hall–Kier alpha value is -4.14. The molecule has 0 aliphatic heterocycles. The molecule has 1 amide bonds. The molecule has 0 saturated heterocycles. The maximum Gasteiger partial charge on any atom is 0.326 e. The van der Waals surface area contributed by atoms with E-state index in [9.17, 15) is 23.5 Å². The second-order valence-corrected chi connectivity index (χ2v) is 7.39. The SMILES string of the molecule is CCCN(c1ccc(/C=C/CC(NC(=O)c2c(F)cccc2F)C(=O)O)cc1)c1ncccn1. The first-order valence-electron chi connectivity index (χ1n) is 10.7. The predicted molar refractivity (Wildman–Crippen MR) is 125 cm³/mol. The lowest BCUT2D eigenvalue weighted by atomic mass is 10.1. The Morgan fingerprint density at radius 2 is 1.71 bits per heavy atom. The number of hydrogen-bond donors (Lipinski definition) is 2. The van der Waals surface area contributed by atoms with E-state index in [1.165, 1.54) is 0 Å². The number of benzene rings is 2. The van der Waals surface area contributed by atoms with Crippen molar-refractivity contribution in [2.24, 2.45) is 0 Å². The molecule has 0 aliphatic carbocycles. The van der Waals surface area contributed by atoms with Gasteiger partial charge in [0.2, 0.25) is 5.95 Å². The molecule has 0 aliphatic rings. The van der Waals surface area contributed by atoms with Gasteiger partial charge in [-0.25, -0.2) is 23.5 Å². The molecule has 1 unspecified atom stereocenters. The minimum absolute atomic E-state index is 0.0707. The zero-order chi connectivity index (χ0) is 24.5. The summed E-state index contributed by atoms with van der Waals surface area (Å²) in [5.74, 6) is -3.97. The number of halogens is 2. The van der Waals surface area contributed by atoms with E-state index in [0.717, 1.165) is 42.4 Å². The number of hydrogen-bond acceptors (Lipinski definition) is 5. The van der Waals surface area contributed by atoms with Crippen LogP contribution in [0.1, 0.15) is 35.7 Å². The maximum atomic E-state index is 13.8. The van der Waals surface area contributed by atoms with Crippen LogP contribution in [0.5, 0.6) is 0 Å². The summed E-state index contributed by atoms with van der Waals surface area (Å²) in [5.41, 5.74) is 0.907. The largest absolute Gasteiger partial charge is 0.480 e. The van der Waals surface area contributed by atoms with Crippen molar-refractivity contribution in [3.63, 3.8) is 0 Å². The number of nitrogens with zero attached hydrogens (tertiary/aromatic N) is 3. The highest BCUT2D eigenvalue weighted by molar-refractivity contribution is 5.97. The van der Waals surface area contributed by atoms with E-state index in [1.807, 2.05) is 29.2 Å². The monoisotopic (exact) mass is 466 g/mol. The van der Waals surface area contributed by atoms with Crippen molar-refractivity contribution < 1.29 is 23.5 Å². The molecule has 0 spiro atoms. The van der Waals surface area contributed by atoms with Crippen LogP contribution in [0.3, 0.4) is 0 Å². The van der Waals surface area contributed by atoms with Gasteiger partial charge in [0, 0.05) is 24.6 Å². The lowest BCUT2D eigenvalue weighted by Gasteiger charge is -2.22. The van der Waals surface area contributed by atoms with Crippen molar-refractivity contribution in [1.29, 1.82) is 0 Å². The molecule has 0 saturated carbocycles. The van der Waals surface area contributed by atoms with Gasteiger partial charge in [-0.15, -0.1) is 0 Å². The Morgan fingerprint density at radius 3 is 2.29 bits per heavy atom. The van der Waals surface area contributed by atoms with Gasteiger partial charge in [0.05, 0.1) is 0 Å². The molecule has 34 heavy (non-hydrogen) atoms. The quantitative estimate of drug-likeness (QED) is 0.454. The van der Waals surface area contributed by atoms with Crippen LogP contribution < -0.4 is 10.2 Å². The Morgan fingerprint density at radius 1 is 1.06 bits per heavy atom. The van der Waals surface area contributed by atoms with E-state index in [4.69, 9.17) is 0 Å². The zero-order valence-electron chi connectivity index (χ0n) is 18.5. The van der Waals surface area contributed by atoms with E-state index >= 15 is 0 Å². The number of nitrogens with one attached hydrogen (secondary N) is 1. The molecule has 1 atom stereocenters. The number of aliphatic carboxylic acids is 1. The molecule has 1 aromatic heterocycles. The van der Waals surface area contributed by atoms with Crippen molar-refractivity contribution in [3.05, 3.63) is 89.8 Å². The summed E-state index contributed by atoms with van der Waals surface area (Å²) in [6, 6.07) is 10.9. The molecule has 9 heteroatoms. The Labute approximate surface area is 195 Å². The minimum atomic E-state index is -1.35. The van der Waals surface area contributed by atoms with Gasteiger partial charge in [0.1, 0.15) is 23.2 Å². The highest BCUT2D eigenvalue weighted by Gasteiger charge is 2.23. The number of carbonyl (C=O) groups is 2. The van der Waals surface area contributed by atoms with E-state index in [2.05, 4.69) is 22.2 Å². The second kappa shape index (κ2) is 11.6. The standard InChI is InChI=1S/C25H24F2N4O3/c1-2-16-31(25-28-14-5-15-29-25)18-12-10-17(11-13-18)6-3-9-21(24(33)34)30-23(32)22-19(26)7-4-8-20(22)27/h3-8,10-15,21H,2,9,16H2,1H3,(H,30,32)(H,33,34)/b6-3+. The van der Waals surface area contributed by atoms with Crippen LogP contribution in [-0.2, 0) is 4.79 Å². The molecule has 2 aromatic carbocycles. The van der Waals surface area contributed by atoms with Crippen molar-refractivity contribution in [2.75, 3.05) is 11.4 Å². The normalized spacial score (nSPS) is 11.9. The molecular formula is C25H24F2N4O3. The summed E-state index contributed by atoms with van der Waals surface area (Å²) in [5, 5.41) is 11.6. The molecule has 7 nitrogen and oxygen atoms in total. The Balaban J connectivity index is 1.67. The fraction of sp³-hybridized carbons (Fsp3) is 0.200. The molecule has 176 valence electrons. The molecule has 0 radical (unpaired) electrons. The molecule has 0 fully saturated rings. The molecular weight excluding hydrogens is 442 g/mol. The fourth-order valence-corrected chi connectivity index (χ4v) is 3.27. The molecule has 2 N–H and O–H groups in total. The zero-order valence-corrected chi connectivity index (χ0v) is 18.5. The summed E-state index contributed by atoms with van der Waals surface area (Å²) in [4.78, 5) is 34.3. The highest BCUT2D eigenvalue weighted by atomic mass is 19.1. The van der Waals surface area contributed by atoms with E-state index in [0.29, 0.717) is 5.95 Å². The van der Waals surface area contributed by atoms with Crippen molar-refractivity contribution in [2.45, 2.75) is 25.8 Å². The average molecular weight is 466 g/mol. The lowest BCUT2D eigenvalue weighted by Crippen LogP contribution is -2.41. The highest BCUT2D eigenvalue weighted by Crippen LogP contribution is 2.23. The number of anilines is 2. The van der Waals surface area contributed by atoms with Gasteiger partial charge >= 0.3 is 5.97 Å². The fourth-order valence-electron chi connectivity index (χ4n) is 3.27. The number of carboxylic acids is 1. The Kier molecular flexibility index (Phi) is 8.39. The number of amides is 1. The summed E-state index contributed by atoms with van der Waals surface area (Å²) in [6.07, 6.45) is 7.48. The van der Waals surface area contributed by atoms with Gasteiger partial charge in [-0.05, 0) is 48.7 Å². The van der Waals surface area contributed by atoms with Crippen LogP contribution in [0.15, 0.2) is 67.0 Å². The third-order valence-electron chi connectivity index (χ3n) is 4.92. The number of rotatable bonds is 10. The van der Waals surface area contributed by atoms with Gasteiger partial charge in [0.25, 0.3) is 5.91 Å². The summed E-state index contributed by atoms with van der Waals surface area (Å²) in [7, 11) is 0. The van der Waals surface area contributed by atoms with Gasteiger partial charge < -0.3 is 15.3 Å². The lowest BCUT2D eigenvalue weighted by molar-refractivity contribution is -0.139. The molecule has 0 bridgehead atoms. The number of aromatic nitrogens is 2. The number of carboxylic acid groups (broad SMARTS) is 1. The van der Waals surface area contributed by atoms with Gasteiger partial charge in [0.15, 0.2) is 0 Å². The molecule has 1 heterocycles. The first-order valence-corrected chi connectivity index (χ1v) is 10.7. The smallest absolute Gasteiger partial charge is 0.326 e. The van der Waals surface area contributed by atoms with E-state index in [-0.39, 0.29) is 6.42 Å². The topological polar surface area (TPSA) is 95.4 Å². The Bertz CT molecular complexity index is 1130. The van der Waals surface area contributed by atoms with Crippen molar-refractivity contribution in [1.82, 2.24) is 15.3 Å². The summed E-state index contributed by atoms with van der Waals surface area (Å²) in [6.45, 7) is 2.80. The van der Waals surface area contributed by atoms with Gasteiger partial charge in [-0.2, -0.15) is 0 Å². The van der Waals surface area contributed by atoms with Crippen molar-refractivity contribution in [3.8, 4) is 0 Å². The predicted octanol–water partition coefficient (Wildman–Crippen LogP) is 4.59. The third-order valence-corrected chi connectivity index (χ3v) is 4.92. The van der Waals surface area contributed by atoms with Crippen LogP contribution in [-0.4, -0.2) is 39.5 Å². The summed E-state index contributed by atoms with van der Waals surface area (Å²) < 4.78 is 27.6. The van der Waals surface area contributed by atoms with Crippen molar-refractivity contribution >= 4 is 29.6 Å². The van der Waals surface area contributed by atoms with Crippen LogP contribution in [0.4, 0.5) is 20.4 Å². The van der Waals surface area contributed by atoms with Crippen LogP contribution in [0.2, 0.25) is 0 Å². The number of carbonyl (C=O) groups excluding carboxylic acids is 1. The van der Waals surface area contributed by atoms with Gasteiger partial charge in [-0.1, -0.05) is 37.3 Å². The van der Waals surface area contributed by atoms with Crippen LogP contribution >= 0.6 is 0 Å². The van der Waals surface area contributed by atoms with E-state index < -0.39 is 35.1 Å². The molecule has 3 aromatic rings. The van der Waals surface area contributed by atoms with Crippen LogP contribution in [0, 0.1) is 11.6 Å². The second-order valence-electron chi connectivity index (χ2n) is 7.39. The minimum Gasteiger partial charge on any atom is -0.480 e. The first kappa shape index (κ1) is 24.5. The van der Waals surface area contributed by atoms with Crippen LogP contribution in [0.25, 0.3) is 6.08 Å². The molecule has 3 rings (SSSR count). The maximum absolute atomic E-state index is 13.8. The van der Waals surface area contributed by atoms with E-state index in [1.54, 1.807) is 30.6 Å².